The largest absolute Gasteiger partial charge is 0.504 e. The maximum Gasteiger partial charge on any atom is 0.340 e. The molecule has 0 fully saturated rings. The Morgan fingerprint density at radius 1 is 1.29 bits per heavy atom. The number of amides is 1. The van der Waals surface area contributed by atoms with Crippen molar-refractivity contribution in [2.75, 3.05) is 11.9 Å². The minimum atomic E-state index is -1.18. The maximum atomic E-state index is 12.3. The summed E-state index contributed by atoms with van der Waals surface area (Å²) < 4.78 is 3.93. The summed E-state index contributed by atoms with van der Waals surface area (Å²) in [4.78, 5) is 24.7. The van der Waals surface area contributed by atoms with E-state index in [1.165, 1.54) is 32.2 Å². The molecular weight excluding hydrogens is 296 g/mol. The van der Waals surface area contributed by atoms with Gasteiger partial charge in [0.1, 0.15) is 10.6 Å². The molecule has 0 aliphatic rings. The van der Waals surface area contributed by atoms with Gasteiger partial charge in [0.15, 0.2) is 11.5 Å². The van der Waals surface area contributed by atoms with Crippen LogP contribution in [0.3, 0.4) is 0 Å². The van der Waals surface area contributed by atoms with Crippen LogP contribution < -0.4 is 4.90 Å². The third-order valence-corrected chi connectivity index (χ3v) is 3.93. The number of aromatic nitrogens is 1. The van der Waals surface area contributed by atoms with Crippen molar-refractivity contribution in [2.24, 2.45) is 0 Å². The lowest BCUT2D eigenvalue weighted by atomic mass is 10.1. The number of aryl methyl sites for hydroxylation is 1. The van der Waals surface area contributed by atoms with Gasteiger partial charge < -0.3 is 20.2 Å². The molecule has 0 aliphatic heterocycles. The molecule has 110 valence electrons. The Kier molecular flexibility index (Phi) is 3.81. The normalized spacial score (nSPS) is 10.4. The van der Waals surface area contributed by atoms with E-state index >= 15 is 0 Å². The lowest BCUT2D eigenvalue weighted by molar-refractivity contribution is 0.0697. The molecule has 3 N–H and O–H groups in total. The molecule has 1 aromatic carbocycles. The first-order valence-electron chi connectivity index (χ1n) is 5.83. The van der Waals surface area contributed by atoms with E-state index in [4.69, 9.17) is 0 Å². The molecule has 2 aromatic rings. The summed E-state index contributed by atoms with van der Waals surface area (Å²) in [6.45, 7) is 1.54. The molecule has 1 amide bonds. The highest BCUT2D eigenvalue weighted by atomic mass is 32.1. The van der Waals surface area contributed by atoms with Crippen LogP contribution in [0.1, 0.15) is 26.4 Å². The van der Waals surface area contributed by atoms with Crippen molar-refractivity contribution >= 4 is 28.4 Å². The number of benzene rings is 1. The van der Waals surface area contributed by atoms with Crippen molar-refractivity contribution in [3.8, 4) is 11.5 Å². The van der Waals surface area contributed by atoms with E-state index in [1.807, 2.05) is 0 Å². The van der Waals surface area contributed by atoms with Crippen LogP contribution in [0, 0.1) is 6.92 Å². The molecule has 0 unspecified atom stereocenters. The molecule has 7 nitrogen and oxygen atoms in total. The van der Waals surface area contributed by atoms with Gasteiger partial charge in [0.25, 0.3) is 5.91 Å². The summed E-state index contributed by atoms with van der Waals surface area (Å²) in [7, 11) is 1.38. The minimum Gasteiger partial charge on any atom is -0.504 e. The van der Waals surface area contributed by atoms with Gasteiger partial charge in [-0.15, -0.1) is 0 Å². The Bertz CT molecular complexity index is 725. The summed E-state index contributed by atoms with van der Waals surface area (Å²) in [6.07, 6.45) is 0. The molecule has 1 aromatic heterocycles. The first-order valence-corrected chi connectivity index (χ1v) is 6.60. The summed E-state index contributed by atoms with van der Waals surface area (Å²) in [5.74, 6) is -2.80. The second-order valence-corrected chi connectivity index (χ2v) is 5.04. The van der Waals surface area contributed by atoms with Gasteiger partial charge in [-0.3, -0.25) is 4.79 Å². The van der Waals surface area contributed by atoms with Crippen LogP contribution in [0.2, 0.25) is 0 Å². The van der Waals surface area contributed by atoms with Crippen LogP contribution in [-0.2, 0) is 0 Å². The lowest BCUT2D eigenvalue weighted by Gasteiger charge is -2.16. The zero-order chi connectivity index (χ0) is 15.7. The van der Waals surface area contributed by atoms with Gasteiger partial charge in [0, 0.05) is 7.05 Å². The number of nitrogens with zero attached hydrogens (tertiary/aromatic N) is 2. The second kappa shape index (κ2) is 5.41. The van der Waals surface area contributed by atoms with Gasteiger partial charge in [0.05, 0.1) is 11.3 Å². The average Bonchev–Trinajstić information content (AvgIpc) is 2.82. The van der Waals surface area contributed by atoms with E-state index in [0.29, 0.717) is 5.69 Å². The highest BCUT2D eigenvalue weighted by molar-refractivity contribution is 7.11. The first-order chi connectivity index (χ1) is 9.84. The number of anilines is 1. The number of carboxylic acid groups (broad SMARTS) is 1. The van der Waals surface area contributed by atoms with Gasteiger partial charge in [-0.25, -0.2) is 4.79 Å². The number of carboxylic acids is 1. The quantitative estimate of drug-likeness (QED) is 0.746. The fraction of sp³-hybridized carbons (Fsp3) is 0.154. The number of para-hydroxylation sites is 1. The summed E-state index contributed by atoms with van der Waals surface area (Å²) in [6, 6.07) is 3.99. The number of hydrogen-bond donors (Lipinski definition) is 3. The van der Waals surface area contributed by atoms with Crippen LogP contribution in [0.4, 0.5) is 5.00 Å². The molecule has 0 aliphatic carbocycles. The average molecular weight is 308 g/mol. The van der Waals surface area contributed by atoms with Gasteiger partial charge in [0.2, 0.25) is 0 Å². The van der Waals surface area contributed by atoms with Gasteiger partial charge in [-0.2, -0.15) is 4.37 Å². The zero-order valence-electron chi connectivity index (χ0n) is 11.2. The van der Waals surface area contributed by atoms with Crippen LogP contribution in [0.25, 0.3) is 0 Å². The number of aromatic hydroxyl groups is 2. The molecule has 21 heavy (non-hydrogen) atoms. The Morgan fingerprint density at radius 3 is 2.57 bits per heavy atom. The fourth-order valence-electron chi connectivity index (χ4n) is 1.81. The molecule has 0 radical (unpaired) electrons. The Morgan fingerprint density at radius 2 is 1.95 bits per heavy atom. The highest BCUT2D eigenvalue weighted by Crippen LogP contribution is 2.33. The molecule has 2 rings (SSSR count). The van der Waals surface area contributed by atoms with E-state index in [1.54, 1.807) is 0 Å². The van der Waals surface area contributed by atoms with E-state index in [2.05, 4.69) is 4.37 Å². The molecule has 1 heterocycles. The Labute approximate surface area is 123 Å². The van der Waals surface area contributed by atoms with Crippen LogP contribution in [0.15, 0.2) is 18.2 Å². The van der Waals surface area contributed by atoms with Crippen molar-refractivity contribution in [1.82, 2.24) is 4.37 Å². The molecule has 0 saturated heterocycles. The SMILES string of the molecule is Cc1nsc(N(C)C(=O)c2cccc(O)c2O)c1C(=O)O. The summed E-state index contributed by atoms with van der Waals surface area (Å²) >= 11 is 0.876. The van der Waals surface area contributed by atoms with E-state index in [-0.39, 0.29) is 16.1 Å². The van der Waals surface area contributed by atoms with Gasteiger partial charge in [-0.05, 0) is 30.6 Å². The minimum absolute atomic E-state index is 0.0597. The van der Waals surface area contributed by atoms with Crippen LogP contribution in [0.5, 0.6) is 11.5 Å². The fourth-order valence-corrected chi connectivity index (χ4v) is 2.66. The second-order valence-electron chi connectivity index (χ2n) is 4.29. The molecule has 0 spiro atoms. The standard InChI is InChI=1S/C13H12N2O5S/c1-6-9(13(19)20)12(21-14-6)15(2)11(18)7-4-3-5-8(16)10(7)17/h3-5,16-17H,1-2H3,(H,19,20). The maximum absolute atomic E-state index is 12.3. The molecule has 0 bridgehead atoms. The van der Waals surface area contributed by atoms with Crippen molar-refractivity contribution in [3.63, 3.8) is 0 Å². The van der Waals surface area contributed by atoms with E-state index < -0.39 is 23.4 Å². The van der Waals surface area contributed by atoms with E-state index in [9.17, 15) is 24.9 Å². The number of phenolic OH excluding ortho intramolecular Hbond substituents is 2. The number of carbonyl (C=O) groups is 2. The Balaban J connectivity index is 2.45. The van der Waals surface area contributed by atoms with Crippen LogP contribution in [-0.4, -0.2) is 38.6 Å². The Hall–Kier alpha value is -2.61. The summed E-state index contributed by atoms with van der Waals surface area (Å²) in [5, 5.41) is 28.5. The van der Waals surface area contributed by atoms with Crippen LogP contribution >= 0.6 is 11.5 Å². The molecular formula is C13H12N2O5S. The third kappa shape index (κ3) is 2.52. The van der Waals surface area contributed by atoms with E-state index in [0.717, 1.165) is 16.4 Å². The number of rotatable bonds is 3. The first kappa shape index (κ1) is 14.8. The van der Waals surface area contributed by atoms with Crippen molar-refractivity contribution in [1.29, 1.82) is 0 Å². The zero-order valence-corrected chi connectivity index (χ0v) is 12.0. The molecule has 0 saturated carbocycles. The van der Waals surface area contributed by atoms with Crippen molar-refractivity contribution in [2.45, 2.75) is 6.92 Å². The lowest BCUT2D eigenvalue weighted by Crippen LogP contribution is -2.27. The third-order valence-electron chi connectivity index (χ3n) is 2.91. The highest BCUT2D eigenvalue weighted by Gasteiger charge is 2.26. The smallest absolute Gasteiger partial charge is 0.340 e. The number of hydrogen-bond acceptors (Lipinski definition) is 6. The predicted octanol–water partition coefficient (Wildman–Crippen LogP) is 1.84. The van der Waals surface area contributed by atoms with Crippen molar-refractivity contribution < 1.29 is 24.9 Å². The monoisotopic (exact) mass is 308 g/mol. The molecule has 8 heteroatoms. The number of carbonyl (C=O) groups excluding carboxylic acids is 1. The predicted molar refractivity (Wildman–Crippen MR) is 76.3 cm³/mol. The van der Waals surface area contributed by atoms with Crippen molar-refractivity contribution in [3.05, 3.63) is 35.0 Å². The number of phenols is 2. The topological polar surface area (TPSA) is 111 Å². The summed E-state index contributed by atoms with van der Waals surface area (Å²) in [5.41, 5.74) is 0.123. The van der Waals surface area contributed by atoms with Gasteiger partial charge in [-0.1, -0.05) is 6.07 Å². The molecule has 0 atom stereocenters. The van der Waals surface area contributed by atoms with Gasteiger partial charge >= 0.3 is 5.97 Å². The number of aromatic carboxylic acids is 1.